The van der Waals surface area contributed by atoms with Gasteiger partial charge in [-0.25, -0.2) is 13.1 Å². The molecule has 0 spiro atoms. The number of nitrogens with one attached hydrogen (secondary N) is 2. The lowest BCUT2D eigenvalue weighted by Gasteiger charge is -2.05. The van der Waals surface area contributed by atoms with E-state index in [-0.39, 0.29) is 0 Å². The Bertz CT molecular complexity index is 480. The number of hydrogen-bond donors (Lipinski definition) is 2. The first-order chi connectivity index (χ1) is 9.05. The summed E-state index contributed by atoms with van der Waals surface area (Å²) < 4.78 is 28.8. The fourth-order valence-corrected chi connectivity index (χ4v) is 2.97. The normalized spacial score (nSPS) is 11.9. The van der Waals surface area contributed by atoms with Crippen molar-refractivity contribution in [3.63, 3.8) is 0 Å². The summed E-state index contributed by atoms with van der Waals surface area (Å²) >= 11 is 0. The molecule has 1 aromatic heterocycles. The van der Waals surface area contributed by atoms with E-state index < -0.39 is 10.0 Å². The SMILES string of the molecule is CCCCNS(=O)(=O)c1cc(CNCC)n(CC)c1. The first-order valence-corrected chi connectivity index (χ1v) is 8.42. The standard InChI is InChI=1S/C13H25N3O2S/c1-4-7-8-15-19(17,18)13-9-12(10-14-5-2)16(6-3)11-13/h9,11,14-15H,4-8,10H2,1-3H3. The third-order valence-electron chi connectivity index (χ3n) is 2.99. The summed E-state index contributed by atoms with van der Waals surface area (Å²) in [5, 5.41) is 3.22. The van der Waals surface area contributed by atoms with Gasteiger partial charge in [0.25, 0.3) is 0 Å². The molecule has 0 unspecified atom stereocenters. The number of aromatic nitrogens is 1. The van der Waals surface area contributed by atoms with E-state index in [1.165, 1.54) is 0 Å². The van der Waals surface area contributed by atoms with Crippen molar-refractivity contribution in [1.29, 1.82) is 0 Å². The summed E-state index contributed by atoms with van der Waals surface area (Å²) in [5.74, 6) is 0. The Hall–Kier alpha value is -0.850. The van der Waals surface area contributed by atoms with Crippen LogP contribution >= 0.6 is 0 Å². The van der Waals surface area contributed by atoms with Gasteiger partial charge in [-0.3, -0.25) is 0 Å². The number of nitrogens with zero attached hydrogens (tertiary/aromatic N) is 1. The zero-order valence-corrected chi connectivity index (χ0v) is 12.9. The van der Waals surface area contributed by atoms with Crippen LogP contribution in [0.2, 0.25) is 0 Å². The molecule has 1 heterocycles. The molecule has 0 saturated heterocycles. The molecule has 0 aliphatic heterocycles. The Kier molecular flexibility index (Phi) is 6.54. The summed E-state index contributed by atoms with van der Waals surface area (Å²) in [7, 11) is -3.37. The molecule has 0 bridgehead atoms. The van der Waals surface area contributed by atoms with Crippen molar-refractivity contribution in [2.24, 2.45) is 0 Å². The number of sulfonamides is 1. The summed E-state index contributed by atoms with van der Waals surface area (Å²) in [6.45, 7) is 8.90. The molecule has 0 amide bonds. The van der Waals surface area contributed by atoms with Crippen LogP contribution in [0.3, 0.4) is 0 Å². The van der Waals surface area contributed by atoms with Crippen LogP contribution in [-0.4, -0.2) is 26.1 Å². The van der Waals surface area contributed by atoms with Crippen LogP contribution in [0.1, 0.15) is 39.3 Å². The molecule has 0 aliphatic carbocycles. The largest absolute Gasteiger partial charge is 0.349 e. The molecule has 0 atom stereocenters. The molecule has 0 radical (unpaired) electrons. The highest BCUT2D eigenvalue weighted by Crippen LogP contribution is 2.14. The lowest BCUT2D eigenvalue weighted by molar-refractivity contribution is 0.578. The van der Waals surface area contributed by atoms with E-state index in [1.54, 1.807) is 12.3 Å². The van der Waals surface area contributed by atoms with Crippen molar-refractivity contribution in [2.45, 2.75) is 51.6 Å². The average Bonchev–Trinajstić information content (AvgIpc) is 2.80. The minimum Gasteiger partial charge on any atom is -0.349 e. The van der Waals surface area contributed by atoms with Crippen LogP contribution < -0.4 is 10.0 Å². The molecule has 0 fully saturated rings. The van der Waals surface area contributed by atoms with E-state index in [2.05, 4.69) is 10.0 Å². The van der Waals surface area contributed by atoms with E-state index in [9.17, 15) is 8.42 Å². The van der Waals surface area contributed by atoms with Gasteiger partial charge in [-0.2, -0.15) is 0 Å². The summed E-state index contributed by atoms with van der Waals surface area (Å²) in [4.78, 5) is 0.360. The molecule has 0 aromatic carbocycles. The molecule has 6 heteroatoms. The van der Waals surface area contributed by atoms with Crippen LogP contribution in [0.4, 0.5) is 0 Å². The Morgan fingerprint density at radius 1 is 1.26 bits per heavy atom. The third-order valence-corrected chi connectivity index (χ3v) is 4.42. The summed E-state index contributed by atoms with van der Waals surface area (Å²) in [5.41, 5.74) is 1.00. The minimum absolute atomic E-state index is 0.360. The van der Waals surface area contributed by atoms with Crippen LogP contribution in [0.5, 0.6) is 0 Å². The summed E-state index contributed by atoms with van der Waals surface area (Å²) in [6.07, 6.45) is 3.54. The fraction of sp³-hybridized carbons (Fsp3) is 0.692. The van der Waals surface area contributed by atoms with Crippen LogP contribution in [0.25, 0.3) is 0 Å². The lowest BCUT2D eigenvalue weighted by atomic mass is 10.3. The first kappa shape index (κ1) is 16.2. The third kappa shape index (κ3) is 4.63. The summed E-state index contributed by atoms with van der Waals surface area (Å²) in [6, 6.07) is 1.75. The maximum absolute atomic E-state index is 12.1. The van der Waals surface area contributed by atoms with Crippen molar-refractivity contribution in [3.8, 4) is 0 Å². The highest BCUT2D eigenvalue weighted by atomic mass is 32.2. The van der Waals surface area contributed by atoms with Gasteiger partial charge >= 0.3 is 0 Å². The highest BCUT2D eigenvalue weighted by molar-refractivity contribution is 7.89. The lowest BCUT2D eigenvalue weighted by Crippen LogP contribution is -2.24. The Balaban J connectivity index is 2.85. The van der Waals surface area contributed by atoms with Gasteiger partial charge < -0.3 is 9.88 Å². The maximum atomic E-state index is 12.1. The van der Waals surface area contributed by atoms with Crippen molar-refractivity contribution < 1.29 is 8.42 Å². The van der Waals surface area contributed by atoms with Crippen LogP contribution in [0, 0.1) is 0 Å². The Morgan fingerprint density at radius 3 is 2.58 bits per heavy atom. The molecule has 0 aliphatic rings. The van der Waals surface area contributed by atoms with Crippen molar-refractivity contribution in [3.05, 3.63) is 18.0 Å². The van der Waals surface area contributed by atoms with Gasteiger partial charge in [-0.15, -0.1) is 0 Å². The molecule has 1 rings (SSSR count). The van der Waals surface area contributed by atoms with Gasteiger partial charge in [0.1, 0.15) is 0 Å². The molecule has 0 saturated carbocycles. The van der Waals surface area contributed by atoms with Gasteiger partial charge in [-0.05, 0) is 26.0 Å². The van der Waals surface area contributed by atoms with E-state index >= 15 is 0 Å². The molecular formula is C13H25N3O2S. The Labute approximate surface area is 116 Å². The second kappa shape index (κ2) is 7.67. The van der Waals surface area contributed by atoms with Crippen molar-refractivity contribution in [1.82, 2.24) is 14.6 Å². The molecule has 5 nitrogen and oxygen atoms in total. The smallest absolute Gasteiger partial charge is 0.242 e. The quantitative estimate of drug-likeness (QED) is 0.680. The van der Waals surface area contributed by atoms with Crippen LogP contribution in [0.15, 0.2) is 17.2 Å². The second-order valence-corrected chi connectivity index (χ2v) is 6.25. The Morgan fingerprint density at radius 2 is 2.00 bits per heavy atom. The zero-order valence-electron chi connectivity index (χ0n) is 12.1. The molecular weight excluding hydrogens is 262 g/mol. The minimum atomic E-state index is -3.37. The van der Waals surface area contributed by atoms with Gasteiger partial charge in [0.05, 0.1) is 4.90 Å². The van der Waals surface area contributed by atoms with E-state index in [1.807, 2.05) is 25.3 Å². The number of aryl methyl sites for hydroxylation is 1. The topological polar surface area (TPSA) is 63.1 Å². The number of hydrogen-bond acceptors (Lipinski definition) is 3. The maximum Gasteiger partial charge on any atom is 0.242 e. The van der Waals surface area contributed by atoms with Crippen molar-refractivity contribution in [2.75, 3.05) is 13.1 Å². The molecule has 110 valence electrons. The first-order valence-electron chi connectivity index (χ1n) is 6.94. The van der Waals surface area contributed by atoms with Gasteiger partial charge in [0, 0.05) is 31.5 Å². The zero-order chi connectivity index (χ0) is 14.3. The monoisotopic (exact) mass is 287 g/mol. The van der Waals surface area contributed by atoms with E-state index in [0.29, 0.717) is 18.0 Å². The number of unbranched alkanes of at least 4 members (excludes halogenated alkanes) is 1. The van der Waals surface area contributed by atoms with E-state index in [4.69, 9.17) is 0 Å². The van der Waals surface area contributed by atoms with Crippen molar-refractivity contribution >= 4 is 10.0 Å². The highest BCUT2D eigenvalue weighted by Gasteiger charge is 2.17. The van der Waals surface area contributed by atoms with Crippen LogP contribution in [-0.2, 0) is 23.1 Å². The molecule has 19 heavy (non-hydrogen) atoms. The molecule has 2 N–H and O–H groups in total. The van der Waals surface area contributed by atoms with E-state index in [0.717, 1.165) is 31.6 Å². The second-order valence-electron chi connectivity index (χ2n) is 4.48. The van der Waals surface area contributed by atoms with Gasteiger partial charge in [0.15, 0.2) is 0 Å². The van der Waals surface area contributed by atoms with Gasteiger partial charge in [-0.1, -0.05) is 20.3 Å². The predicted octanol–water partition coefficient (Wildman–Crippen LogP) is 1.70. The van der Waals surface area contributed by atoms with Gasteiger partial charge in [0.2, 0.25) is 10.0 Å². The molecule has 1 aromatic rings. The predicted molar refractivity (Wildman–Crippen MR) is 77.6 cm³/mol. The average molecular weight is 287 g/mol. The fourth-order valence-electron chi connectivity index (χ4n) is 1.83. The number of rotatable bonds is 9.